The lowest BCUT2D eigenvalue weighted by Crippen LogP contribution is -2.32. The van der Waals surface area contributed by atoms with Gasteiger partial charge in [-0.05, 0) is 48.2 Å². The van der Waals surface area contributed by atoms with E-state index in [1.54, 1.807) is 12.3 Å². The van der Waals surface area contributed by atoms with E-state index in [0.717, 1.165) is 42.5 Å². The average Bonchev–Trinajstić information content (AvgIpc) is 3.19. The quantitative estimate of drug-likeness (QED) is 0.561. The molecule has 0 radical (unpaired) electrons. The second-order valence-corrected chi connectivity index (χ2v) is 10.1. The Kier molecular flexibility index (Phi) is 6.93. The van der Waals surface area contributed by atoms with Crippen LogP contribution in [-0.2, 0) is 16.6 Å². The Morgan fingerprint density at radius 2 is 1.75 bits per heavy atom. The van der Waals surface area contributed by atoms with Crippen molar-refractivity contribution in [1.29, 1.82) is 0 Å². The molecule has 7 nitrogen and oxygen atoms in total. The Morgan fingerprint density at radius 1 is 1.03 bits per heavy atom. The van der Waals surface area contributed by atoms with Crippen molar-refractivity contribution in [1.82, 2.24) is 19.8 Å². The van der Waals surface area contributed by atoms with Crippen LogP contribution in [0.5, 0.6) is 0 Å². The first kappa shape index (κ1) is 22.5. The number of carbonyl (C=O) groups is 1. The summed E-state index contributed by atoms with van der Waals surface area (Å²) in [6, 6.07) is 14.0. The molecule has 2 N–H and O–H groups in total. The van der Waals surface area contributed by atoms with Crippen LogP contribution < -0.4 is 5.32 Å². The van der Waals surface area contributed by atoms with Crippen molar-refractivity contribution in [2.75, 3.05) is 13.1 Å². The molecule has 9 heteroatoms. The highest BCUT2D eigenvalue weighted by Gasteiger charge is 2.28. The first-order valence-corrected chi connectivity index (χ1v) is 12.4. The topological polar surface area (TPSA) is 95.2 Å². The van der Waals surface area contributed by atoms with E-state index in [4.69, 9.17) is 11.6 Å². The zero-order valence-electron chi connectivity index (χ0n) is 17.6. The molecule has 0 saturated carbocycles. The highest BCUT2D eigenvalue weighted by molar-refractivity contribution is 7.89. The van der Waals surface area contributed by atoms with Crippen molar-refractivity contribution >= 4 is 27.5 Å². The van der Waals surface area contributed by atoms with Gasteiger partial charge in [-0.2, -0.15) is 9.40 Å². The summed E-state index contributed by atoms with van der Waals surface area (Å²) >= 11 is 6.23. The predicted octanol–water partition coefficient (Wildman–Crippen LogP) is 4.22. The summed E-state index contributed by atoms with van der Waals surface area (Å²) in [6.07, 6.45) is 5.39. The summed E-state index contributed by atoms with van der Waals surface area (Å²) in [5.41, 5.74) is 3.10. The minimum absolute atomic E-state index is 0.0161. The summed E-state index contributed by atoms with van der Waals surface area (Å²) in [6.45, 7) is 1.27. The van der Waals surface area contributed by atoms with Crippen molar-refractivity contribution in [2.24, 2.45) is 0 Å². The zero-order valence-corrected chi connectivity index (χ0v) is 19.1. The Morgan fingerprint density at radius 3 is 2.41 bits per heavy atom. The van der Waals surface area contributed by atoms with Crippen LogP contribution in [0.4, 0.5) is 0 Å². The van der Waals surface area contributed by atoms with Crippen LogP contribution in [-0.4, -0.2) is 41.9 Å². The molecule has 0 atom stereocenters. The largest absolute Gasteiger partial charge is 0.348 e. The minimum atomic E-state index is -3.75. The van der Waals surface area contributed by atoms with Gasteiger partial charge < -0.3 is 5.32 Å². The molecular weight excluding hydrogens is 448 g/mol. The highest BCUT2D eigenvalue weighted by Crippen LogP contribution is 2.27. The maximum Gasteiger partial charge on any atom is 0.251 e. The third-order valence-electron chi connectivity index (χ3n) is 5.59. The van der Waals surface area contributed by atoms with E-state index in [1.807, 2.05) is 30.3 Å². The molecule has 32 heavy (non-hydrogen) atoms. The normalized spacial score (nSPS) is 15.3. The van der Waals surface area contributed by atoms with Gasteiger partial charge in [-0.25, -0.2) is 8.42 Å². The molecule has 1 aromatic heterocycles. The molecular formula is C23H25ClN4O3S. The molecule has 1 amide bonds. The van der Waals surface area contributed by atoms with Gasteiger partial charge in [0.25, 0.3) is 5.91 Å². The SMILES string of the molecule is O=C(NCc1ccc(-c2ccn[nH]2)cc1)c1ccc(Cl)c(S(=O)(=O)N2CCCCCC2)c1. The van der Waals surface area contributed by atoms with E-state index in [2.05, 4.69) is 15.5 Å². The number of aromatic amines is 1. The second kappa shape index (κ2) is 9.85. The lowest BCUT2D eigenvalue weighted by atomic mass is 10.1. The fourth-order valence-corrected chi connectivity index (χ4v) is 5.78. The van der Waals surface area contributed by atoms with Gasteiger partial charge in [-0.3, -0.25) is 9.89 Å². The van der Waals surface area contributed by atoms with E-state index in [0.29, 0.717) is 19.6 Å². The van der Waals surface area contributed by atoms with Crippen LogP contribution in [0.25, 0.3) is 11.3 Å². The van der Waals surface area contributed by atoms with Crippen LogP contribution in [0.15, 0.2) is 59.6 Å². The Hall–Kier alpha value is -2.68. The number of sulfonamides is 1. The van der Waals surface area contributed by atoms with Crippen molar-refractivity contribution in [2.45, 2.75) is 37.1 Å². The fourth-order valence-electron chi connectivity index (χ4n) is 3.77. The number of benzene rings is 2. The smallest absolute Gasteiger partial charge is 0.251 e. The van der Waals surface area contributed by atoms with E-state index in [1.165, 1.54) is 16.4 Å². The van der Waals surface area contributed by atoms with E-state index in [-0.39, 0.29) is 21.4 Å². The number of H-pyrrole nitrogens is 1. The monoisotopic (exact) mass is 472 g/mol. The van der Waals surface area contributed by atoms with Gasteiger partial charge in [0.1, 0.15) is 4.90 Å². The number of nitrogens with one attached hydrogen (secondary N) is 2. The number of halogens is 1. The number of hydrogen-bond acceptors (Lipinski definition) is 4. The maximum atomic E-state index is 13.1. The lowest BCUT2D eigenvalue weighted by molar-refractivity contribution is 0.0950. The van der Waals surface area contributed by atoms with E-state index < -0.39 is 10.0 Å². The molecule has 4 rings (SSSR count). The first-order chi connectivity index (χ1) is 15.4. The minimum Gasteiger partial charge on any atom is -0.348 e. The summed E-state index contributed by atoms with van der Waals surface area (Å²) in [5, 5.41) is 9.82. The van der Waals surface area contributed by atoms with Crippen LogP contribution in [0.3, 0.4) is 0 Å². The van der Waals surface area contributed by atoms with Crippen LogP contribution in [0.2, 0.25) is 5.02 Å². The zero-order chi connectivity index (χ0) is 22.6. The molecule has 2 aromatic carbocycles. The highest BCUT2D eigenvalue weighted by atomic mass is 35.5. The molecule has 0 aliphatic carbocycles. The fraction of sp³-hybridized carbons (Fsp3) is 0.304. The van der Waals surface area contributed by atoms with Crippen LogP contribution in [0, 0.1) is 0 Å². The van der Waals surface area contributed by atoms with Crippen molar-refractivity contribution < 1.29 is 13.2 Å². The van der Waals surface area contributed by atoms with Gasteiger partial charge in [0.15, 0.2) is 0 Å². The van der Waals surface area contributed by atoms with Gasteiger partial charge in [-0.15, -0.1) is 0 Å². The Labute approximate surface area is 192 Å². The van der Waals surface area contributed by atoms with Gasteiger partial charge in [0.05, 0.1) is 10.7 Å². The number of nitrogens with zero attached hydrogens (tertiary/aromatic N) is 2. The number of aromatic nitrogens is 2. The van der Waals surface area contributed by atoms with Crippen molar-refractivity contribution in [3.63, 3.8) is 0 Å². The summed E-state index contributed by atoms with van der Waals surface area (Å²) < 4.78 is 27.8. The molecule has 0 unspecified atom stereocenters. The molecule has 3 aromatic rings. The summed E-state index contributed by atoms with van der Waals surface area (Å²) in [7, 11) is -3.75. The molecule has 0 bridgehead atoms. The number of amides is 1. The molecule has 168 valence electrons. The summed E-state index contributed by atoms with van der Waals surface area (Å²) in [5.74, 6) is -0.355. The summed E-state index contributed by atoms with van der Waals surface area (Å²) in [4.78, 5) is 12.7. The number of carbonyl (C=O) groups excluding carboxylic acids is 1. The van der Waals surface area contributed by atoms with Crippen LogP contribution in [0.1, 0.15) is 41.6 Å². The molecule has 1 aliphatic heterocycles. The van der Waals surface area contributed by atoms with Crippen molar-refractivity contribution in [3.05, 3.63) is 70.9 Å². The Bertz CT molecular complexity index is 1170. The first-order valence-electron chi connectivity index (χ1n) is 10.6. The second-order valence-electron chi connectivity index (χ2n) is 7.81. The molecule has 1 saturated heterocycles. The van der Waals surface area contributed by atoms with Crippen LogP contribution >= 0.6 is 11.6 Å². The van der Waals surface area contributed by atoms with Gasteiger partial charge in [0, 0.05) is 31.4 Å². The van der Waals surface area contributed by atoms with Gasteiger partial charge in [-0.1, -0.05) is 48.7 Å². The molecule has 2 heterocycles. The number of rotatable bonds is 6. The van der Waals surface area contributed by atoms with Crippen molar-refractivity contribution in [3.8, 4) is 11.3 Å². The third kappa shape index (κ3) is 5.03. The molecule has 1 aliphatic rings. The Balaban J connectivity index is 1.46. The average molecular weight is 473 g/mol. The van der Waals surface area contributed by atoms with E-state index >= 15 is 0 Å². The van der Waals surface area contributed by atoms with Gasteiger partial charge >= 0.3 is 0 Å². The predicted molar refractivity (Wildman–Crippen MR) is 124 cm³/mol. The third-order valence-corrected chi connectivity index (χ3v) is 7.98. The molecule has 1 fully saturated rings. The maximum absolute atomic E-state index is 13.1. The molecule has 0 spiro atoms. The lowest BCUT2D eigenvalue weighted by Gasteiger charge is -2.21. The number of hydrogen-bond donors (Lipinski definition) is 2. The van der Waals surface area contributed by atoms with E-state index in [9.17, 15) is 13.2 Å². The standard InChI is InChI=1S/C23H25ClN4O3S/c24-20-10-9-19(15-22(20)32(30,31)28-13-3-1-2-4-14-28)23(29)25-16-17-5-7-18(8-6-17)21-11-12-26-27-21/h5-12,15H,1-4,13-14,16H2,(H,25,29)(H,26,27). The van der Waals surface area contributed by atoms with Gasteiger partial charge in [0.2, 0.25) is 10.0 Å².